The number of hydrogen-bond donors (Lipinski definition) is 2. The number of nitriles is 1. The molecule has 130 valence electrons. The third kappa shape index (κ3) is 5.24. The van der Waals surface area contributed by atoms with Crippen LogP contribution in [-0.2, 0) is 4.79 Å². The molecule has 1 fully saturated rings. The second-order valence-electron chi connectivity index (χ2n) is 6.72. The maximum Gasteiger partial charge on any atom is 0.240 e. The molecule has 0 spiro atoms. The van der Waals surface area contributed by atoms with Gasteiger partial charge in [-0.3, -0.25) is 4.79 Å². The zero-order chi connectivity index (χ0) is 17.4. The molecule has 0 saturated heterocycles. The van der Waals surface area contributed by atoms with Crippen LogP contribution in [0.4, 0.5) is 5.69 Å². The van der Waals surface area contributed by atoms with Crippen molar-refractivity contribution in [1.82, 2.24) is 5.32 Å². The van der Waals surface area contributed by atoms with Crippen molar-refractivity contribution in [3.05, 3.63) is 30.3 Å². The van der Waals surface area contributed by atoms with Crippen LogP contribution in [0.25, 0.3) is 0 Å². The predicted molar refractivity (Wildman–Crippen MR) is 94.5 cm³/mol. The van der Waals surface area contributed by atoms with E-state index >= 15 is 0 Å². The average molecular weight is 329 g/mol. The van der Waals surface area contributed by atoms with Crippen molar-refractivity contribution in [1.29, 1.82) is 5.26 Å². The van der Waals surface area contributed by atoms with Gasteiger partial charge < -0.3 is 15.3 Å². The number of aliphatic hydroxyl groups is 1. The minimum absolute atomic E-state index is 0.137. The van der Waals surface area contributed by atoms with E-state index in [2.05, 4.69) is 11.4 Å². The van der Waals surface area contributed by atoms with E-state index in [1.54, 1.807) is 6.92 Å². The minimum Gasteiger partial charge on any atom is -0.392 e. The number of carbonyl (C=O) groups excluding carboxylic acids is 1. The summed E-state index contributed by atoms with van der Waals surface area (Å²) in [5.74, 6) is -0.164. The Morgan fingerprint density at radius 2 is 1.92 bits per heavy atom. The molecule has 1 aromatic carbocycles. The molecule has 1 atom stereocenters. The van der Waals surface area contributed by atoms with Gasteiger partial charge in [-0.2, -0.15) is 5.26 Å². The first-order chi connectivity index (χ1) is 11.5. The van der Waals surface area contributed by atoms with Crippen LogP contribution in [0.5, 0.6) is 0 Å². The zero-order valence-electron chi connectivity index (χ0n) is 14.4. The smallest absolute Gasteiger partial charge is 0.240 e. The molecular weight excluding hydrogens is 302 g/mol. The van der Waals surface area contributed by atoms with E-state index in [1.807, 2.05) is 35.2 Å². The van der Waals surface area contributed by atoms with Crippen molar-refractivity contribution in [3.8, 4) is 6.07 Å². The molecule has 0 aromatic heterocycles. The largest absolute Gasteiger partial charge is 0.392 e. The van der Waals surface area contributed by atoms with Crippen LogP contribution in [0.2, 0.25) is 0 Å². The molecule has 1 aliphatic rings. The van der Waals surface area contributed by atoms with Gasteiger partial charge in [-0.05, 0) is 31.9 Å². The quantitative estimate of drug-likeness (QED) is 0.787. The summed E-state index contributed by atoms with van der Waals surface area (Å²) in [4.78, 5) is 14.4. The number of amides is 1. The van der Waals surface area contributed by atoms with Crippen LogP contribution in [0, 0.1) is 11.3 Å². The summed E-state index contributed by atoms with van der Waals surface area (Å²) in [6.45, 7) is 2.21. The Labute approximate surface area is 144 Å². The maximum absolute atomic E-state index is 12.6. The summed E-state index contributed by atoms with van der Waals surface area (Å²) in [6.07, 6.45) is 5.09. The molecule has 5 heteroatoms. The van der Waals surface area contributed by atoms with Gasteiger partial charge in [0.15, 0.2) is 0 Å². The van der Waals surface area contributed by atoms with Crippen LogP contribution in [-0.4, -0.2) is 35.7 Å². The van der Waals surface area contributed by atoms with Gasteiger partial charge in [-0.1, -0.05) is 43.9 Å². The number of nitrogens with zero attached hydrogens (tertiary/aromatic N) is 2. The van der Waals surface area contributed by atoms with Gasteiger partial charge in [-0.15, -0.1) is 0 Å². The maximum atomic E-state index is 12.6. The predicted octanol–water partition coefficient (Wildman–Crippen LogP) is 2.61. The van der Waals surface area contributed by atoms with E-state index in [-0.39, 0.29) is 12.5 Å². The molecule has 2 rings (SSSR count). The summed E-state index contributed by atoms with van der Waals surface area (Å²) in [5.41, 5.74) is 0.154. The fourth-order valence-electron chi connectivity index (χ4n) is 3.30. The molecular formula is C19H27N3O2. The minimum atomic E-state index is -0.735. The zero-order valence-corrected chi connectivity index (χ0v) is 14.4. The van der Waals surface area contributed by atoms with E-state index in [0.29, 0.717) is 6.54 Å². The molecule has 1 unspecified atom stereocenters. The molecule has 1 aromatic rings. The number of anilines is 1. The first-order valence-corrected chi connectivity index (χ1v) is 8.75. The standard InChI is InChI=1S/C19H27N3O2/c1-16(23)13-22(17-9-5-4-6-10-17)14-18(24)21-19(15-20)11-7-2-3-8-12-19/h4-6,9-10,16,23H,2-3,7-8,11-14H2,1H3,(H,21,24). The van der Waals surface area contributed by atoms with Crippen molar-refractivity contribution in [3.63, 3.8) is 0 Å². The van der Waals surface area contributed by atoms with Crippen molar-refractivity contribution in [2.24, 2.45) is 0 Å². The lowest BCUT2D eigenvalue weighted by molar-refractivity contribution is -0.121. The Bertz CT molecular complexity index is 558. The van der Waals surface area contributed by atoms with E-state index in [0.717, 1.165) is 44.2 Å². The van der Waals surface area contributed by atoms with Crippen LogP contribution >= 0.6 is 0 Å². The highest BCUT2D eigenvalue weighted by atomic mass is 16.3. The highest BCUT2D eigenvalue weighted by Gasteiger charge is 2.32. The summed E-state index contributed by atoms with van der Waals surface area (Å²) in [7, 11) is 0. The number of benzene rings is 1. The molecule has 24 heavy (non-hydrogen) atoms. The number of rotatable bonds is 6. The molecule has 1 aliphatic carbocycles. The van der Waals surface area contributed by atoms with Gasteiger partial charge in [0.05, 0.1) is 18.7 Å². The van der Waals surface area contributed by atoms with Gasteiger partial charge in [0.25, 0.3) is 0 Å². The van der Waals surface area contributed by atoms with Crippen molar-refractivity contribution >= 4 is 11.6 Å². The van der Waals surface area contributed by atoms with Crippen LogP contribution in [0.15, 0.2) is 30.3 Å². The summed E-state index contributed by atoms with van der Waals surface area (Å²) >= 11 is 0. The van der Waals surface area contributed by atoms with Gasteiger partial charge in [-0.25, -0.2) is 0 Å². The van der Waals surface area contributed by atoms with Crippen molar-refractivity contribution in [2.75, 3.05) is 18.0 Å². The lowest BCUT2D eigenvalue weighted by atomic mass is 9.92. The fourth-order valence-corrected chi connectivity index (χ4v) is 3.30. The Morgan fingerprint density at radius 3 is 2.46 bits per heavy atom. The molecule has 1 saturated carbocycles. The second-order valence-corrected chi connectivity index (χ2v) is 6.72. The van der Waals surface area contributed by atoms with Gasteiger partial charge in [0.2, 0.25) is 5.91 Å². The van der Waals surface area contributed by atoms with Crippen molar-refractivity contribution < 1.29 is 9.90 Å². The first-order valence-electron chi connectivity index (χ1n) is 8.75. The van der Waals surface area contributed by atoms with Gasteiger partial charge in [0, 0.05) is 12.2 Å². The monoisotopic (exact) mass is 329 g/mol. The van der Waals surface area contributed by atoms with Gasteiger partial charge >= 0.3 is 0 Å². The van der Waals surface area contributed by atoms with Gasteiger partial charge in [0.1, 0.15) is 5.54 Å². The highest BCUT2D eigenvalue weighted by Crippen LogP contribution is 2.26. The number of hydrogen-bond acceptors (Lipinski definition) is 4. The van der Waals surface area contributed by atoms with E-state index in [4.69, 9.17) is 0 Å². The fraction of sp³-hybridized carbons (Fsp3) is 0.579. The van der Waals surface area contributed by atoms with E-state index in [1.165, 1.54) is 0 Å². The van der Waals surface area contributed by atoms with E-state index < -0.39 is 11.6 Å². The number of para-hydroxylation sites is 1. The highest BCUT2D eigenvalue weighted by molar-refractivity contribution is 5.82. The second kappa shape index (κ2) is 8.70. The average Bonchev–Trinajstić information content (AvgIpc) is 2.80. The summed E-state index contributed by atoms with van der Waals surface area (Å²) in [6, 6.07) is 11.9. The molecule has 0 heterocycles. The molecule has 5 nitrogen and oxygen atoms in total. The lowest BCUT2D eigenvalue weighted by Crippen LogP contribution is -2.51. The molecule has 0 bridgehead atoms. The molecule has 0 aliphatic heterocycles. The Balaban J connectivity index is 2.05. The van der Waals surface area contributed by atoms with Crippen LogP contribution < -0.4 is 10.2 Å². The third-order valence-electron chi connectivity index (χ3n) is 4.49. The SMILES string of the molecule is CC(O)CN(CC(=O)NC1(C#N)CCCCCC1)c1ccccc1. The van der Waals surface area contributed by atoms with Crippen molar-refractivity contribution in [2.45, 2.75) is 57.1 Å². The first kappa shape index (κ1) is 18.3. The number of nitrogens with one attached hydrogen (secondary N) is 1. The third-order valence-corrected chi connectivity index (χ3v) is 4.49. The van der Waals surface area contributed by atoms with Crippen LogP contribution in [0.1, 0.15) is 45.4 Å². The Kier molecular flexibility index (Phi) is 6.62. The molecule has 1 amide bonds. The summed E-state index contributed by atoms with van der Waals surface area (Å²) < 4.78 is 0. The number of aliphatic hydroxyl groups excluding tert-OH is 1. The topological polar surface area (TPSA) is 76.4 Å². The van der Waals surface area contributed by atoms with Crippen LogP contribution in [0.3, 0.4) is 0 Å². The normalized spacial score (nSPS) is 18.0. The lowest BCUT2D eigenvalue weighted by Gasteiger charge is -2.30. The Morgan fingerprint density at radius 1 is 1.29 bits per heavy atom. The number of carbonyl (C=O) groups is 1. The summed E-state index contributed by atoms with van der Waals surface area (Å²) in [5, 5.41) is 22.3. The molecule has 0 radical (unpaired) electrons. The van der Waals surface area contributed by atoms with E-state index in [9.17, 15) is 15.2 Å². The molecule has 2 N–H and O–H groups in total. The Hall–Kier alpha value is -2.06.